The molecule has 6 nitrogen and oxygen atoms in total. The van der Waals surface area contributed by atoms with Crippen LogP contribution in [0.15, 0.2) is 34.9 Å². The van der Waals surface area contributed by atoms with Crippen LogP contribution in [-0.2, 0) is 25.5 Å². The Morgan fingerprint density at radius 3 is 2.52 bits per heavy atom. The first-order chi connectivity index (χ1) is 15.7. The quantitative estimate of drug-likeness (QED) is 0.252. The summed E-state index contributed by atoms with van der Waals surface area (Å²) in [6.07, 6.45) is 5.29. The van der Waals surface area contributed by atoms with Gasteiger partial charge >= 0.3 is 11.9 Å². The number of aromatic nitrogens is 1. The number of hydrogen-bond donors (Lipinski definition) is 0. The van der Waals surface area contributed by atoms with Crippen LogP contribution < -0.4 is 0 Å². The van der Waals surface area contributed by atoms with Crippen LogP contribution in [0.4, 0.5) is 0 Å². The third-order valence-corrected chi connectivity index (χ3v) is 7.20. The third-order valence-electron chi connectivity index (χ3n) is 6.12. The molecule has 0 radical (unpaired) electrons. The van der Waals surface area contributed by atoms with E-state index in [-0.39, 0.29) is 30.7 Å². The summed E-state index contributed by atoms with van der Waals surface area (Å²) in [4.78, 5) is 24.2. The second-order valence-electron chi connectivity index (χ2n) is 9.91. The Balaban J connectivity index is 1.62. The minimum Gasteiger partial charge on any atom is -0.469 e. The molecule has 0 saturated heterocycles. The van der Waals surface area contributed by atoms with Crippen LogP contribution in [0.25, 0.3) is 0 Å². The predicted octanol–water partition coefficient (Wildman–Crippen LogP) is 6.17. The molecular formula is C26H34INO5. The fourth-order valence-electron chi connectivity index (χ4n) is 4.33. The van der Waals surface area contributed by atoms with E-state index in [1.165, 1.54) is 19.1 Å². The molecule has 33 heavy (non-hydrogen) atoms. The van der Waals surface area contributed by atoms with E-state index in [0.717, 1.165) is 34.3 Å². The Morgan fingerprint density at radius 2 is 1.88 bits per heavy atom. The summed E-state index contributed by atoms with van der Waals surface area (Å²) in [5.41, 5.74) is 1.56. The van der Waals surface area contributed by atoms with Crippen LogP contribution in [0.3, 0.4) is 0 Å². The molecule has 1 aliphatic carbocycles. The van der Waals surface area contributed by atoms with E-state index in [0.29, 0.717) is 18.3 Å². The minimum absolute atomic E-state index is 0.153. The summed E-state index contributed by atoms with van der Waals surface area (Å²) >= 11 is 2.28. The van der Waals surface area contributed by atoms with E-state index in [1.807, 2.05) is 26.8 Å². The average molecular weight is 567 g/mol. The fourth-order valence-corrected chi connectivity index (χ4v) is 5.40. The summed E-state index contributed by atoms with van der Waals surface area (Å²) in [6, 6.07) is 10.6. The lowest BCUT2D eigenvalue weighted by Crippen LogP contribution is -2.25. The van der Waals surface area contributed by atoms with Gasteiger partial charge in [0, 0.05) is 18.3 Å². The maximum Gasteiger partial charge on any atom is 0.306 e. The third kappa shape index (κ3) is 7.55. The van der Waals surface area contributed by atoms with Crippen LogP contribution in [-0.4, -0.2) is 29.8 Å². The van der Waals surface area contributed by atoms with Gasteiger partial charge in [-0.2, -0.15) is 0 Å². The van der Waals surface area contributed by atoms with Crippen LogP contribution in [0.5, 0.6) is 0 Å². The van der Waals surface area contributed by atoms with Crippen molar-refractivity contribution in [2.24, 2.45) is 5.92 Å². The lowest BCUT2D eigenvalue weighted by atomic mass is 9.71. The van der Waals surface area contributed by atoms with E-state index in [9.17, 15) is 9.59 Å². The Labute approximate surface area is 209 Å². The van der Waals surface area contributed by atoms with Crippen molar-refractivity contribution in [2.45, 2.75) is 83.2 Å². The van der Waals surface area contributed by atoms with Crippen LogP contribution >= 0.6 is 22.6 Å². The van der Waals surface area contributed by atoms with Gasteiger partial charge in [0.05, 0.1) is 17.1 Å². The number of nitrogens with zero attached hydrogens (tertiary/aromatic N) is 1. The van der Waals surface area contributed by atoms with Gasteiger partial charge in [-0.25, -0.2) is 0 Å². The zero-order valence-electron chi connectivity index (χ0n) is 19.9. The van der Waals surface area contributed by atoms with Crippen LogP contribution in [0, 0.1) is 9.49 Å². The van der Waals surface area contributed by atoms with E-state index >= 15 is 0 Å². The molecule has 2 aromatic rings. The Bertz CT molecular complexity index is 928. The number of benzene rings is 1. The van der Waals surface area contributed by atoms with E-state index in [2.05, 4.69) is 52.0 Å². The Hall–Kier alpha value is -1.90. The second kappa shape index (κ2) is 11.5. The second-order valence-corrected chi connectivity index (χ2v) is 11.0. The summed E-state index contributed by atoms with van der Waals surface area (Å²) in [5.74, 6) is 1.11. The smallest absolute Gasteiger partial charge is 0.306 e. The monoisotopic (exact) mass is 567 g/mol. The highest BCUT2D eigenvalue weighted by molar-refractivity contribution is 14.1. The molecule has 0 bridgehead atoms. The Morgan fingerprint density at radius 1 is 1.18 bits per heavy atom. The van der Waals surface area contributed by atoms with Crippen molar-refractivity contribution in [3.8, 4) is 0 Å². The number of hydrogen-bond acceptors (Lipinski definition) is 6. The molecule has 1 heterocycles. The molecule has 1 fully saturated rings. The van der Waals surface area contributed by atoms with Gasteiger partial charge in [-0.15, -0.1) is 0 Å². The highest BCUT2D eigenvalue weighted by Gasteiger charge is 2.36. The number of methoxy groups -OCH3 is 1. The highest BCUT2D eigenvalue weighted by Crippen LogP contribution is 2.46. The van der Waals surface area contributed by atoms with Crippen molar-refractivity contribution in [1.29, 1.82) is 0 Å². The molecule has 0 unspecified atom stereocenters. The van der Waals surface area contributed by atoms with E-state index < -0.39 is 5.60 Å². The molecule has 1 aliphatic rings. The topological polar surface area (TPSA) is 78.6 Å². The summed E-state index contributed by atoms with van der Waals surface area (Å²) in [5, 5.41) is 4.35. The SMILES string of the molecule is COC(=O)CC[C@@H](CC(=O)OC(C)(C)C)c1noc(C2CC(CCc3ccccc3)C2)c1I. The largest absolute Gasteiger partial charge is 0.469 e. The molecule has 7 heteroatoms. The molecule has 0 aliphatic heterocycles. The molecular weight excluding hydrogens is 533 g/mol. The van der Waals surface area contributed by atoms with Gasteiger partial charge in [0.2, 0.25) is 0 Å². The molecule has 0 amide bonds. The van der Waals surface area contributed by atoms with Gasteiger partial charge in [-0.1, -0.05) is 35.5 Å². The van der Waals surface area contributed by atoms with Crippen molar-refractivity contribution in [3.05, 3.63) is 50.9 Å². The number of ether oxygens (including phenoxy) is 2. The lowest BCUT2D eigenvalue weighted by molar-refractivity contribution is -0.155. The zero-order valence-corrected chi connectivity index (χ0v) is 22.1. The van der Waals surface area contributed by atoms with Gasteiger partial charge < -0.3 is 14.0 Å². The number of carbonyl (C=O) groups excluding carboxylic acids is 2. The summed E-state index contributed by atoms with van der Waals surface area (Å²) in [7, 11) is 1.37. The van der Waals surface area contributed by atoms with Gasteiger partial charge in [0.1, 0.15) is 11.3 Å². The standard InChI is InChI=1S/C26H34INO5/c1-26(2,3)32-22(30)16-19(12-13-21(29)31-4)24-23(27)25(33-28-24)20-14-18(15-20)11-10-17-8-6-5-7-9-17/h5-9,18-20H,10-16H2,1-4H3/t18?,19-,20?/m0/s1. The van der Waals surface area contributed by atoms with Crippen LogP contribution in [0.1, 0.15) is 88.1 Å². The van der Waals surface area contributed by atoms with Crippen molar-refractivity contribution in [2.75, 3.05) is 7.11 Å². The lowest BCUT2D eigenvalue weighted by Gasteiger charge is -2.34. The van der Waals surface area contributed by atoms with Crippen molar-refractivity contribution < 1.29 is 23.6 Å². The molecule has 0 N–H and O–H groups in total. The number of carbonyl (C=O) groups is 2. The zero-order chi connectivity index (χ0) is 24.0. The number of aryl methyl sites for hydroxylation is 1. The maximum absolute atomic E-state index is 12.5. The van der Waals surface area contributed by atoms with Crippen molar-refractivity contribution in [1.82, 2.24) is 5.16 Å². The molecule has 180 valence electrons. The first-order valence-electron chi connectivity index (χ1n) is 11.6. The predicted molar refractivity (Wildman–Crippen MR) is 134 cm³/mol. The fraction of sp³-hybridized carbons (Fsp3) is 0.577. The molecule has 1 aromatic heterocycles. The van der Waals surface area contributed by atoms with Gasteiger partial charge in [-0.3, -0.25) is 9.59 Å². The van der Waals surface area contributed by atoms with Gasteiger partial charge in [0.15, 0.2) is 5.76 Å². The Kier molecular flexibility index (Phi) is 8.95. The molecule has 0 spiro atoms. The summed E-state index contributed by atoms with van der Waals surface area (Å²) in [6.45, 7) is 5.53. The van der Waals surface area contributed by atoms with Gasteiger partial charge in [0.25, 0.3) is 0 Å². The minimum atomic E-state index is -0.563. The molecule has 1 aromatic carbocycles. The van der Waals surface area contributed by atoms with Gasteiger partial charge in [-0.05, 0) is 86.9 Å². The maximum atomic E-state index is 12.5. The number of halogens is 1. The molecule has 3 rings (SSSR count). The molecule has 1 atom stereocenters. The van der Waals surface area contributed by atoms with Crippen LogP contribution in [0.2, 0.25) is 0 Å². The van der Waals surface area contributed by atoms with Crippen molar-refractivity contribution >= 4 is 34.5 Å². The highest BCUT2D eigenvalue weighted by atomic mass is 127. The average Bonchev–Trinajstić information content (AvgIpc) is 3.10. The number of rotatable bonds is 10. The van der Waals surface area contributed by atoms with E-state index in [1.54, 1.807) is 0 Å². The van der Waals surface area contributed by atoms with Crippen molar-refractivity contribution in [3.63, 3.8) is 0 Å². The molecule has 1 saturated carbocycles. The normalized spacial score (nSPS) is 18.9. The first-order valence-corrected chi connectivity index (χ1v) is 12.7. The summed E-state index contributed by atoms with van der Waals surface area (Å²) < 4.78 is 17.1. The first kappa shape index (κ1) is 25.7. The number of esters is 2. The van der Waals surface area contributed by atoms with E-state index in [4.69, 9.17) is 14.0 Å².